The van der Waals surface area contributed by atoms with E-state index in [1.54, 1.807) is 6.07 Å². The number of Topliss-reactive ketones (excluding diaryl/α,β-unsaturated/α-hetero) is 2. The van der Waals surface area contributed by atoms with Crippen LogP contribution in [0.2, 0.25) is 0 Å². The van der Waals surface area contributed by atoms with Crippen LogP contribution in [0.25, 0.3) is 0 Å². The third kappa shape index (κ3) is 3.63. The second kappa shape index (κ2) is 7.75. The van der Waals surface area contributed by atoms with Crippen LogP contribution in [0, 0.1) is 0 Å². The van der Waals surface area contributed by atoms with Crippen LogP contribution in [0.15, 0.2) is 28.7 Å². The number of benzene rings is 2. The molecule has 0 fully saturated rings. The maximum Gasteiger partial charge on any atom is 0.201 e. The van der Waals surface area contributed by atoms with E-state index >= 15 is 0 Å². The van der Waals surface area contributed by atoms with Gasteiger partial charge in [0.25, 0.3) is 0 Å². The summed E-state index contributed by atoms with van der Waals surface area (Å²) in [6, 6.07) is 6.89. The van der Waals surface area contributed by atoms with Gasteiger partial charge in [0.1, 0.15) is 10.6 Å². The zero-order chi connectivity index (χ0) is 25.6. The van der Waals surface area contributed by atoms with Crippen molar-refractivity contribution in [1.82, 2.24) is 0 Å². The van der Waals surface area contributed by atoms with E-state index in [0.717, 1.165) is 24.0 Å². The Balaban J connectivity index is 1.98. The minimum absolute atomic E-state index is 0.0546. The first-order chi connectivity index (χ1) is 15.4. The van der Waals surface area contributed by atoms with Gasteiger partial charge < -0.3 is 10.2 Å². The maximum atomic E-state index is 14.0. The van der Waals surface area contributed by atoms with E-state index in [-0.39, 0.29) is 33.5 Å². The Hall–Kier alpha value is -1.50. The van der Waals surface area contributed by atoms with Crippen LogP contribution >= 0.6 is 31.9 Å². The highest BCUT2D eigenvalue weighted by molar-refractivity contribution is 9.10. The van der Waals surface area contributed by atoms with Gasteiger partial charge in [-0.15, -0.1) is 0 Å². The number of phenolic OH excluding ortho intramolecular Hbond substituents is 1. The number of ketones is 2. The zero-order valence-electron chi connectivity index (χ0n) is 20.8. The topological polar surface area (TPSA) is 74.6 Å². The van der Waals surface area contributed by atoms with E-state index in [4.69, 9.17) is 0 Å². The summed E-state index contributed by atoms with van der Waals surface area (Å²) < 4.78 is 0.363. The molecule has 2 atom stereocenters. The van der Waals surface area contributed by atoms with Crippen molar-refractivity contribution in [3.05, 3.63) is 62.1 Å². The summed E-state index contributed by atoms with van der Waals surface area (Å²) in [4.78, 5) is 26.5. The van der Waals surface area contributed by atoms with E-state index in [1.165, 1.54) is 6.07 Å². The normalized spacial score (nSPS) is 25.6. The van der Waals surface area contributed by atoms with Crippen molar-refractivity contribution in [2.24, 2.45) is 0 Å². The smallest absolute Gasteiger partial charge is 0.201 e. The van der Waals surface area contributed by atoms with Crippen molar-refractivity contribution >= 4 is 43.4 Å². The molecule has 6 heteroatoms. The molecule has 4 rings (SSSR count). The fourth-order valence-corrected chi connectivity index (χ4v) is 6.50. The summed E-state index contributed by atoms with van der Waals surface area (Å²) in [5, 5.41) is 22.5. The summed E-state index contributed by atoms with van der Waals surface area (Å²) in [7, 11) is 0. The van der Waals surface area contributed by atoms with Gasteiger partial charge in [-0.3, -0.25) is 9.59 Å². The predicted octanol–water partition coefficient (Wildman–Crippen LogP) is 6.83. The van der Waals surface area contributed by atoms with Gasteiger partial charge in [0.15, 0.2) is 11.4 Å². The molecule has 0 saturated carbocycles. The van der Waals surface area contributed by atoms with Crippen molar-refractivity contribution in [3.63, 3.8) is 0 Å². The lowest BCUT2D eigenvalue weighted by Gasteiger charge is -2.44. The first-order valence-electron chi connectivity index (χ1n) is 11.6. The van der Waals surface area contributed by atoms with E-state index < -0.39 is 21.6 Å². The fraction of sp³-hybridized carbons (Fsp3) is 0.500. The molecule has 0 aromatic heterocycles. The minimum atomic E-state index is -2.11. The average Bonchev–Trinajstić information content (AvgIpc) is 2.74. The Morgan fingerprint density at radius 3 is 1.91 bits per heavy atom. The molecule has 2 unspecified atom stereocenters. The first-order valence-corrected chi connectivity index (χ1v) is 13.3. The molecule has 0 radical (unpaired) electrons. The number of carbonyl (C=O) groups is 2. The first kappa shape index (κ1) is 25.6. The Morgan fingerprint density at radius 2 is 1.41 bits per heavy atom. The lowest BCUT2D eigenvalue weighted by Crippen LogP contribution is -2.52. The molecule has 4 nitrogen and oxygen atoms in total. The lowest BCUT2D eigenvalue weighted by molar-refractivity contribution is 0.0260. The molecule has 0 spiro atoms. The fourth-order valence-electron chi connectivity index (χ4n) is 5.32. The highest BCUT2D eigenvalue weighted by Crippen LogP contribution is 2.50. The van der Waals surface area contributed by atoms with Gasteiger partial charge in [-0.05, 0) is 86.0 Å². The zero-order valence-corrected chi connectivity index (χ0v) is 23.9. The Kier molecular flexibility index (Phi) is 5.83. The van der Waals surface area contributed by atoms with E-state index in [1.807, 2.05) is 32.9 Å². The number of rotatable bonds is 1. The van der Waals surface area contributed by atoms with Crippen molar-refractivity contribution in [2.75, 3.05) is 0 Å². The number of alkyl halides is 1. The number of halogens is 2. The molecule has 2 aromatic carbocycles. The number of hydrogen-bond donors (Lipinski definition) is 2. The van der Waals surface area contributed by atoms with E-state index in [2.05, 4.69) is 59.6 Å². The maximum absolute atomic E-state index is 14.0. The second-order valence-electron chi connectivity index (χ2n) is 12.1. The lowest BCUT2D eigenvalue weighted by atomic mass is 9.61. The van der Waals surface area contributed by atoms with Gasteiger partial charge in [-0.2, -0.15) is 0 Å². The van der Waals surface area contributed by atoms with Gasteiger partial charge in [0, 0.05) is 16.7 Å². The summed E-state index contributed by atoms with van der Waals surface area (Å²) >= 11 is 6.76. The third-order valence-electron chi connectivity index (χ3n) is 7.76. The van der Waals surface area contributed by atoms with Crippen LogP contribution in [-0.4, -0.2) is 26.6 Å². The number of aliphatic hydroxyl groups is 1. The molecule has 0 amide bonds. The molecular formula is C28H32Br2O4. The number of hydrogen-bond acceptors (Lipinski definition) is 4. The van der Waals surface area contributed by atoms with E-state index in [0.29, 0.717) is 15.6 Å². The number of fused-ring (bicyclic) bond motifs is 2. The Labute approximate surface area is 218 Å². The number of phenols is 1. The molecule has 182 valence electrons. The number of aromatic hydroxyl groups is 1. The van der Waals surface area contributed by atoms with Crippen LogP contribution in [0.3, 0.4) is 0 Å². The summed E-state index contributed by atoms with van der Waals surface area (Å²) in [6.45, 7) is 14.5. The van der Waals surface area contributed by atoms with E-state index in [9.17, 15) is 19.8 Å². The third-order valence-corrected chi connectivity index (χ3v) is 9.44. The Morgan fingerprint density at radius 1 is 0.912 bits per heavy atom. The van der Waals surface area contributed by atoms with Crippen LogP contribution in [0.4, 0.5) is 0 Å². The van der Waals surface area contributed by atoms with Crippen LogP contribution in [0.1, 0.15) is 104 Å². The van der Waals surface area contributed by atoms with Crippen molar-refractivity contribution in [1.29, 1.82) is 0 Å². The molecule has 2 N–H and O–H groups in total. The van der Waals surface area contributed by atoms with Gasteiger partial charge in [-0.1, -0.05) is 64.4 Å². The van der Waals surface area contributed by atoms with Crippen LogP contribution < -0.4 is 0 Å². The van der Waals surface area contributed by atoms with Gasteiger partial charge in [-0.25, -0.2) is 0 Å². The molecule has 2 aromatic rings. The summed E-state index contributed by atoms with van der Waals surface area (Å²) in [5.41, 5.74) is 0.796. The standard InChI is InChI=1S/C28H32Br2O4/c1-25(2,3)19-10-14(11-20(29)22(19)32)28(34)23(30)21(31)15-12-17-18(13-16(15)24(28)33)27(6,7)9-8-26(17,4)5/h10-13,23,32,34H,8-9H2,1-7H3. The molecular weight excluding hydrogens is 560 g/mol. The predicted molar refractivity (Wildman–Crippen MR) is 142 cm³/mol. The van der Waals surface area contributed by atoms with Gasteiger partial charge >= 0.3 is 0 Å². The van der Waals surface area contributed by atoms with Crippen molar-refractivity contribution < 1.29 is 19.8 Å². The molecule has 34 heavy (non-hydrogen) atoms. The largest absolute Gasteiger partial charge is 0.506 e. The minimum Gasteiger partial charge on any atom is -0.506 e. The molecule has 0 heterocycles. The molecule has 0 bridgehead atoms. The quantitative estimate of drug-likeness (QED) is 0.356. The molecule has 0 aliphatic heterocycles. The highest BCUT2D eigenvalue weighted by atomic mass is 79.9. The number of carbonyl (C=O) groups excluding carboxylic acids is 2. The van der Waals surface area contributed by atoms with Gasteiger partial charge in [0.2, 0.25) is 5.78 Å². The molecule has 2 aliphatic carbocycles. The second-order valence-corrected chi connectivity index (χ2v) is 13.9. The monoisotopic (exact) mass is 590 g/mol. The molecule has 2 aliphatic rings. The van der Waals surface area contributed by atoms with Crippen molar-refractivity contribution in [3.8, 4) is 5.75 Å². The van der Waals surface area contributed by atoms with Crippen molar-refractivity contribution in [2.45, 2.75) is 88.0 Å². The SMILES string of the molecule is CC(C)(C)c1cc(C2(O)C(=O)c3cc4c(cc3C(=O)C2Br)C(C)(C)CCC4(C)C)cc(Br)c1O. The summed E-state index contributed by atoms with van der Waals surface area (Å²) in [5.74, 6) is -0.775. The molecule has 0 saturated heterocycles. The van der Waals surface area contributed by atoms with Crippen LogP contribution in [-0.2, 0) is 21.8 Å². The Bertz CT molecular complexity index is 1240. The van der Waals surface area contributed by atoms with Crippen LogP contribution in [0.5, 0.6) is 5.75 Å². The average molecular weight is 592 g/mol. The van der Waals surface area contributed by atoms with Gasteiger partial charge in [0.05, 0.1) is 4.47 Å². The summed E-state index contributed by atoms with van der Waals surface area (Å²) in [6.07, 6.45) is 1.96. The highest BCUT2D eigenvalue weighted by Gasteiger charge is 2.54.